The molecule has 83 heavy (non-hydrogen) atoms. The van der Waals surface area contributed by atoms with Crippen LogP contribution in [0.25, 0.3) is 0 Å². The van der Waals surface area contributed by atoms with Gasteiger partial charge in [-0.25, -0.2) is 0 Å². The van der Waals surface area contributed by atoms with E-state index in [9.17, 15) is 14.4 Å². The molecule has 0 fully saturated rings. The van der Waals surface area contributed by atoms with Gasteiger partial charge >= 0.3 is 17.9 Å². The molecule has 0 heterocycles. The van der Waals surface area contributed by atoms with Gasteiger partial charge in [-0.2, -0.15) is 0 Å². The summed E-state index contributed by atoms with van der Waals surface area (Å²) in [5.41, 5.74) is 0. The molecule has 1 unspecified atom stereocenters. The van der Waals surface area contributed by atoms with E-state index < -0.39 is 6.10 Å². The summed E-state index contributed by atoms with van der Waals surface area (Å²) < 4.78 is 16.9. The average molecular weight is 1160 g/mol. The summed E-state index contributed by atoms with van der Waals surface area (Å²) in [7, 11) is 0. The number of carbonyl (C=O) groups is 3. The fraction of sp³-hybridized carbons (Fsp3) is 0.753. The monoisotopic (exact) mass is 1160 g/mol. The summed E-state index contributed by atoms with van der Waals surface area (Å²) in [5, 5.41) is 0. The van der Waals surface area contributed by atoms with Gasteiger partial charge < -0.3 is 14.2 Å². The Morgan fingerprint density at radius 2 is 0.482 bits per heavy atom. The molecule has 0 aliphatic rings. The molecule has 0 aliphatic carbocycles. The minimum absolute atomic E-state index is 0.0819. The fourth-order valence-corrected chi connectivity index (χ4v) is 10.2. The topological polar surface area (TPSA) is 78.9 Å². The number of carbonyl (C=O) groups excluding carboxylic acids is 3. The lowest BCUT2D eigenvalue weighted by atomic mass is 10.0. The Labute approximate surface area is 515 Å². The first-order chi connectivity index (χ1) is 41.0. The van der Waals surface area contributed by atoms with Gasteiger partial charge in [-0.1, -0.05) is 317 Å². The van der Waals surface area contributed by atoms with Crippen molar-refractivity contribution in [3.8, 4) is 0 Å². The molecule has 0 rings (SSSR count). The predicted molar refractivity (Wildman–Crippen MR) is 362 cm³/mol. The van der Waals surface area contributed by atoms with Crippen LogP contribution in [0.2, 0.25) is 0 Å². The first-order valence-electron chi connectivity index (χ1n) is 35.7. The summed E-state index contributed by atoms with van der Waals surface area (Å²) in [6.45, 7) is 6.50. The van der Waals surface area contributed by atoms with Gasteiger partial charge in [0, 0.05) is 19.3 Å². The summed E-state index contributed by atoms with van der Waals surface area (Å²) in [5.74, 6) is -0.889. The van der Waals surface area contributed by atoms with Crippen molar-refractivity contribution in [2.45, 2.75) is 361 Å². The van der Waals surface area contributed by atoms with E-state index in [0.717, 1.165) is 116 Å². The molecule has 0 aromatic carbocycles. The molecule has 0 amide bonds. The predicted octanol–water partition coefficient (Wildman–Crippen LogP) is 24.8. The van der Waals surface area contributed by atoms with Crippen molar-refractivity contribution in [1.29, 1.82) is 0 Å². The van der Waals surface area contributed by atoms with Crippen LogP contribution in [0.1, 0.15) is 355 Å². The van der Waals surface area contributed by atoms with Crippen molar-refractivity contribution in [2.75, 3.05) is 13.2 Å². The zero-order valence-corrected chi connectivity index (χ0v) is 54.9. The molecule has 0 saturated heterocycles. The van der Waals surface area contributed by atoms with Crippen LogP contribution in [-0.4, -0.2) is 37.2 Å². The summed E-state index contributed by atoms with van der Waals surface area (Å²) >= 11 is 0. The van der Waals surface area contributed by atoms with E-state index in [1.54, 1.807) is 0 Å². The van der Waals surface area contributed by atoms with Crippen molar-refractivity contribution >= 4 is 17.9 Å². The van der Waals surface area contributed by atoms with Gasteiger partial charge in [0.1, 0.15) is 13.2 Å². The van der Waals surface area contributed by atoms with E-state index >= 15 is 0 Å². The molecule has 478 valence electrons. The lowest BCUT2D eigenvalue weighted by molar-refractivity contribution is -0.167. The van der Waals surface area contributed by atoms with Crippen LogP contribution in [-0.2, 0) is 28.6 Å². The van der Waals surface area contributed by atoms with Crippen LogP contribution in [0.15, 0.2) is 97.2 Å². The molecule has 0 radical (unpaired) electrons. The molecule has 0 N–H and O–H groups in total. The third kappa shape index (κ3) is 69.0. The Bertz CT molecular complexity index is 1610. The van der Waals surface area contributed by atoms with Crippen LogP contribution >= 0.6 is 0 Å². The van der Waals surface area contributed by atoms with Gasteiger partial charge in [0.25, 0.3) is 0 Å². The number of hydrogen-bond donors (Lipinski definition) is 0. The maximum atomic E-state index is 12.9. The second-order valence-corrected chi connectivity index (χ2v) is 23.8. The highest BCUT2D eigenvalue weighted by Gasteiger charge is 2.19. The Morgan fingerprint density at radius 1 is 0.253 bits per heavy atom. The van der Waals surface area contributed by atoms with E-state index in [2.05, 4.69) is 118 Å². The van der Waals surface area contributed by atoms with Gasteiger partial charge in [-0.3, -0.25) is 14.4 Å². The largest absolute Gasteiger partial charge is 0.462 e. The van der Waals surface area contributed by atoms with Crippen LogP contribution < -0.4 is 0 Å². The molecule has 6 heteroatoms. The van der Waals surface area contributed by atoms with Crippen molar-refractivity contribution in [1.82, 2.24) is 0 Å². The molecule has 0 aromatic rings. The quantitative estimate of drug-likeness (QED) is 0.0261. The Kier molecular flexibility index (Phi) is 67.7. The van der Waals surface area contributed by atoms with Gasteiger partial charge in [-0.15, -0.1) is 0 Å². The molecule has 1 atom stereocenters. The number of unbranched alkanes of at least 4 members (excludes halogenated alkanes) is 38. The highest BCUT2D eigenvalue weighted by atomic mass is 16.6. The lowest BCUT2D eigenvalue weighted by Crippen LogP contribution is -2.30. The standard InChI is InChI=1S/C77H134O6/c1-4-7-10-13-16-19-22-24-26-28-30-32-33-34-35-36-37-38-39-40-41-42-43-45-46-48-50-52-55-58-61-64-67-70-76(79)82-73-74(72-81-75(78)69-66-63-60-57-54-21-18-15-12-9-6-3)83-77(80)71-68-65-62-59-56-53-51-49-47-44-31-29-27-25-23-20-17-14-11-8-5-2/h7,10,15-16,18-19,23-26,29-32,47,49,74H,4-6,8-9,11-14,17,20-22,27-28,33-46,48,50-73H2,1-3H3/b10-7-,18-15-,19-16-,25-23-,26-24-,31-29-,32-30-,49-47-. The number of ether oxygens (including phenoxy) is 3. The third-order valence-electron chi connectivity index (χ3n) is 15.5. The van der Waals surface area contributed by atoms with Crippen LogP contribution in [0.5, 0.6) is 0 Å². The Hall–Kier alpha value is -3.67. The SMILES string of the molecule is CC/C=C\C/C=C\C/C=C\C/C=C\CCCCCCCCCCCCCCCCCCCCCCC(=O)OCC(COC(=O)CCCCCCC/C=C\CCCC)OC(=O)CCCCCCCC/C=C\C/C=C\C/C=C\CCCCCCC. The van der Waals surface area contributed by atoms with E-state index in [-0.39, 0.29) is 31.1 Å². The number of allylic oxidation sites excluding steroid dienone is 16. The Balaban J connectivity index is 4.16. The molecule has 0 aliphatic heterocycles. The minimum Gasteiger partial charge on any atom is -0.462 e. The average Bonchev–Trinajstić information content (AvgIpc) is 3.48. The number of esters is 3. The van der Waals surface area contributed by atoms with Crippen molar-refractivity contribution < 1.29 is 28.6 Å². The molecule has 0 spiro atoms. The smallest absolute Gasteiger partial charge is 0.306 e. The lowest BCUT2D eigenvalue weighted by Gasteiger charge is -2.18. The van der Waals surface area contributed by atoms with E-state index in [1.807, 2.05) is 0 Å². The van der Waals surface area contributed by atoms with Crippen molar-refractivity contribution in [3.05, 3.63) is 97.2 Å². The van der Waals surface area contributed by atoms with Gasteiger partial charge in [0.15, 0.2) is 6.10 Å². The fourth-order valence-electron chi connectivity index (χ4n) is 10.2. The summed E-state index contributed by atoms with van der Waals surface area (Å²) in [6.07, 6.45) is 95.9. The highest BCUT2D eigenvalue weighted by molar-refractivity contribution is 5.71. The van der Waals surface area contributed by atoms with E-state index in [1.165, 1.54) is 199 Å². The maximum absolute atomic E-state index is 12.9. The zero-order valence-electron chi connectivity index (χ0n) is 54.9. The summed E-state index contributed by atoms with van der Waals surface area (Å²) in [6, 6.07) is 0. The minimum atomic E-state index is -0.787. The zero-order chi connectivity index (χ0) is 59.9. The van der Waals surface area contributed by atoms with Crippen LogP contribution in [0.4, 0.5) is 0 Å². The van der Waals surface area contributed by atoms with Crippen LogP contribution in [0, 0.1) is 0 Å². The third-order valence-corrected chi connectivity index (χ3v) is 15.5. The molecular weight excluding hydrogens is 1020 g/mol. The van der Waals surface area contributed by atoms with Gasteiger partial charge in [0.2, 0.25) is 0 Å². The molecular formula is C77H134O6. The molecule has 6 nitrogen and oxygen atoms in total. The first kappa shape index (κ1) is 79.3. The van der Waals surface area contributed by atoms with Crippen LogP contribution in [0.3, 0.4) is 0 Å². The second kappa shape index (κ2) is 70.8. The van der Waals surface area contributed by atoms with Crippen molar-refractivity contribution in [3.63, 3.8) is 0 Å². The van der Waals surface area contributed by atoms with Crippen molar-refractivity contribution in [2.24, 2.45) is 0 Å². The van der Waals surface area contributed by atoms with E-state index in [4.69, 9.17) is 14.2 Å². The second-order valence-electron chi connectivity index (χ2n) is 23.8. The normalized spacial score (nSPS) is 12.7. The molecule has 0 aromatic heterocycles. The highest BCUT2D eigenvalue weighted by Crippen LogP contribution is 2.17. The summed E-state index contributed by atoms with van der Waals surface area (Å²) in [4.78, 5) is 38.4. The van der Waals surface area contributed by atoms with Gasteiger partial charge in [-0.05, 0) is 116 Å². The Morgan fingerprint density at radius 3 is 0.783 bits per heavy atom. The molecule has 0 saturated carbocycles. The first-order valence-corrected chi connectivity index (χ1v) is 35.7. The maximum Gasteiger partial charge on any atom is 0.306 e. The number of hydrogen-bond acceptors (Lipinski definition) is 6. The van der Waals surface area contributed by atoms with E-state index in [0.29, 0.717) is 19.3 Å². The molecule has 0 bridgehead atoms. The number of rotatable bonds is 65. The van der Waals surface area contributed by atoms with Gasteiger partial charge in [0.05, 0.1) is 0 Å².